The third-order valence-corrected chi connectivity index (χ3v) is 6.66. The highest BCUT2D eigenvalue weighted by atomic mass is 16.5. The van der Waals surface area contributed by atoms with E-state index in [0.29, 0.717) is 29.4 Å². The van der Waals surface area contributed by atoms with Crippen molar-refractivity contribution in [2.24, 2.45) is 0 Å². The zero-order chi connectivity index (χ0) is 25.4. The van der Waals surface area contributed by atoms with Gasteiger partial charge >= 0.3 is 0 Å². The van der Waals surface area contributed by atoms with Gasteiger partial charge in [-0.2, -0.15) is 0 Å². The maximum atomic E-state index is 12.1. The Bertz CT molecular complexity index is 1430. The molecule has 4 aromatic rings. The van der Waals surface area contributed by atoms with Gasteiger partial charge in [0.2, 0.25) is 11.9 Å². The zero-order valence-corrected chi connectivity index (χ0v) is 20.8. The number of aromatic nitrogens is 5. The number of amides is 1. The summed E-state index contributed by atoms with van der Waals surface area (Å²) in [5, 5.41) is 6.94. The predicted molar refractivity (Wildman–Crippen MR) is 141 cm³/mol. The first-order valence-corrected chi connectivity index (χ1v) is 12.5. The lowest BCUT2D eigenvalue weighted by atomic mass is 10.1. The number of anilines is 3. The van der Waals surface area contributed by atoms with Crippen molar-refractivity contribution < 1.29 is 9.53 Å². The van der Waals surface area contributed by atoms with Gasteiger partial charge in [-0.1, -0.05) is 6.07 Å². The van der Waals surface area contributed by atoms with Crippen LogP contribution in [0.25, 0.3) is 22.2 Å². The van der Waals surface area contributed by atoms with Crippen molar-refractivity contribution in [1.82, 2.24) is 30.2 Å². The summed E-state index contributed by atoms with van der Waals surface area (Å²) in [5.74, 6) is 1.02. The smallest absolute Gasteiger partial charge is 0.270 e. The maximum Gasteiger partial charge on any atom is 0.270 e. The number of hydrogen-bond donors (Lipinski definition) is 2. The lowest BCUT2D eigenvalue weighted by Gasteiger charge is -2.34. The molecule has 2 N–H and O–H groups in total. The minimum Gasteiger partial charge on any atom is -0.377 e. The Balaban J connectivity index is 1.20. The average molecular weight is 497 g/mol. The van der Waals surface area contributed by atoms with E-state index in [1.165, 1.54) is 0 Å². The number of nitrogens with zero attached hydrogens (tertiary/aromatic N) is 6. The van der Waals surface area contributed by atoms with Crippen LogP contribution >= 0.6 is 0 Å². The molecule has 10 nitrogen and oxygen atoms in total. The second kappa shape index (κ2) is 9.70. The average Bonchev–Trinajstić information content (AvgIpc) is 3.16. The molecule has 2 unspecified atom stereocenters. The van der Waals surface area contributed by atoms with Crippen LogP contribution in [0.5, 0.6) is 0 Å². The standard InChI is InChI=1S/C27H28N8O2/c1-16(2)31-25(36)24-8-4-19(13-29-24)32-26-28-10-9-23(33-26)17-3-7-22-18(11-17)12-30-27(34-22)35-20-5-6-21(35)15-37-14-20/h3-4,7-13,16,20-21H,5-6,14-15H2,1-2H3,(H,31,36)(H,28,32,33). The lowest BCUT2D eigenvalue weighted by molar-refractivity contribution is 0.0898. The highest BCUT2D eigenvalue weighted by Gasteiger charge is 2.38. The molecule has 0 radical (unpaired) electrons. The van der Waals surface area contributed by atoms with Crippen LogP contribution in [0.15, 0.2) is 55.0 Å². The largest absolute Gasteiger partial charge is 0.377 e. The van der Waals surface area contributed by atoms with E-state index in [-0.39, 0.29) is 11.9 Å². The summed E-state index contributed by atoms with van der Waals surface area (Å²) in [6, 6.07) is 12.2. The molecular formula is C27H28N8O2. The van der Waals surface area contributed by atoms with Gasteiger partial charge in [-0.05, 0) is 57.0 Å². The summed E-state index contributed by atoms with van der Waals surface area (Å²) in [4.78, 5) is 37.2. The Morgan fingerprint density at radius 3 is 2.59 bits per heavy atom. The number of carbonyl (C=O) groups excluding carboxylic acids is 1. The Kier molecular flexibility index (Phi) is 6.09. The maximum absolute atomic E-state index is 12.1. The Hall–Kier alpha value is -4.18. The van der Waals surface area contributed by atoms with Crippen molar-refractivity contribution in [2.75, 3.05) is 23.4 Å². The van der Waals surface area contributed by atoms with E-state index >= 15 is 0 Å². The van der Waals surface area contributed by atoms with E-state index < -0.39 is 0 Å². The molecule has 3 aromatic heterocycles. The van der Waals surface area contributed by atoms with E-state index in [1.54, 1.807) is 24.5 Å². The van der Waals surface area contributed by atoms with Gasteiger partial charge in [-0.15, -0.1) is 0 Å². The van der Waals surface area contributed by atoms with Crippen LogP contribution < -0.4 is 15.5 Å². The molecule has 2 saturated heterocycles. The van der Waals surface area contributed by atoms with Crippen molar-refractivity contribution in [1.29, 1.82) is 0 Å². The summed E-state index contributed by atoms with van der Waals surface area (Å²) < 4.78 is 5.70. The van der Waals surface area contributed by atoms with Crippen LogP contribution in [0.2, 0.25) is 0 Å². The van der Waals surface area contributed by atoms with E-state index in [9.17, 15) is 4.79 Å². The number of benzene rings is 1. The molecule has 6 rings (SSSR count). The first-order chi connectivity index (χ1) is 18.0. The molecule has 1 aromatic carbocycles. The topological polar surface area (TPSA) is 118 Å². The summed E-state index contributed by atoms with van der Waals surface area (Å²) in [6.45, 7) is 5.31. The molecular weight excluding hydrogens is 468 g/mol. The fourth-order valence-electron chi connectivity index (χ4n) is 4.91. The molecule has 188 valence electrons. The minimum atomic E-state index is -0.204. The molecule has 0 saturated carbocycles. The number of ether oxygens (including phenoxy) is 1. The number of rotatable bonds is 6. The monoisotopic (exact) mass is 496 g/mol. The Morgan fingerprint density at radius 2 is 1.84 bits per heavy atom. The molecule has 2 bridgehead atoms. The molecule has 2 aliphatic rings. The van der Waals surface area contributed by atoms with Gasteiger partial charge in [0.05, 0.1) is 48.4 Å². The Labute approximate surface area is 214 Å². The second-order valence-electron chi connectivity index (χ2n) is 9.72. The van der Waals surface area contributed by atoms with Gasteiger partial charge in [0.25, 0.3) is 5.91 Å². The van der Waals surface area contributed by atoms with Gasteiger partial charge in [-0.3, -0.25) is 4.79 Å². The number of morpholine rings is 1. The first-order valence-electron chi connectivity index (χ1n) is 12.5. The number of carbonyl (C=O) groups is 1. The van der Waals surface area contributed by atoms with Gasteiger partial charge < -0.3 is 20.3 Å². The quantitative estimate of drug-likeness (QED) is 0.412. The normalized spacial score (nSPS) is 18.8. The number of fused-ring (bicyclic) bond motifs is 3. The molecule has 10 heteroatoms. The van der Waals surface area contributed by atoms with Gasteiger partial charge in [-0.25, -0.2) is 24.9 Å². The molecule has 1 amide bonds. The van der Waals surface area contributed by atoms with Crippen molar-refractivity contribution >= 4 is 34.4 Å². The van der Waals surface area contributed by atoms with Crippen LogP contribution in [0, 0.1) is 0 Å². The number of hydrogen-bond acceptors (Lipinski definition) is 9. The molecule has 2 aliphatic heterocycles. The first kappa shape index (κ1) is 23.2. The van der Waals surface area contributed by atoms with E-state index in [1.807, 2.05) is 44.3 Å². The van der Waals surface area contributed by atoms with Crippen molar-refractivity contribution in [3.05, 3.63) is 60.7 Å². The van der Waals surface area contributed by atoms with Crippen LogP contribution in [0.3, 0.4) is 0 Å². The van der Waals surface area contributed by atoms with Crippen molar-refractivity contribution in [3.63, 3.8) is 0 Å². The summed E-state index contributed by atoms with van der Waals surface area (Å²) in [6.07, 6.45) is 7.45. The minimum absolute atomic E-state index is 0.0480. The van der Waals surface area contributed by atoms with E-state index in [4.69, 9.17) is 14.7 Å². The van der Waals surface area contributed by atoms with E-state index in [0.717, 1.165) is 54.2 Å². The zero-order valence-electron chi connectivity index (χ0n) is 20.8. The number of pyridine rings is 1. The third kappa shape index (κ3) is 4.79. The van der Waals surface area contributed by atoms with Crippen LogP contribution in [-0.4, -0.2) is 62.2 Å². The van der Waals surface area contributed by atoms with Crippen molar-refractivity contribution in [2.45, 2.75) is 44.8 Å². The molecule has 2 fully saturated rings. The van der Waals surface area contributed by atoms with Gasteiger partial charge in [0.1, 0.15) is 5.69 Å². The highest BCUT2D eigenvalue weighted by Crippen LogP contribution is 2.33. The molecule has 5 heterocycles. The fraction of sp³-hybridized carbons (Fsp3) is 0.333. The molecule has 2 atom stereocenters. The SMILES string of the molecule is CC(C)NC(=O)c1ccc(Nc2nccc(-c3ccc4nc(N5C6CCC5COC6)ncc4c3)n2)cn1. The molecule has 0 spiro atoms. The van der Waals surface area contributed by atoms with Gasteiger partial charge in [0.15, 0.2) is 0 Å². The Morgan fingerprint density at radius 1 is 1.00 bits per heavy atom. The van der Waals surface area contributed by atoms with E-state index in [2.05, 4.69) is 30.5 Å². The van der Waals surface area contributed by atoms with Crippen molar-refractivity contribution in [3.8, 4) is 11.3 Å². The summed E-state index contributed by atoms with van der Waals surface area (Å²) in [5.41, 5.74) is 3.67. The van der Waals surface area contributed by atoms with Crippen LogP contribution in [0.1, 0.15) is 37.2 Å². The number of nitrogens with one attached hydrogen (secondary N) is 2. The predicted octanol–water partition coefficient (Wildman–Crippen LogP) is 3.73. The fourth-order valence-corrected chi connectivity index (χ4v) is 4.91. The third-order valence-electron chi connectivity index (χ3n) is 6.66. The molecule has 37 heavy (non-hydrogen) atoms. The lowest BCUT2D eigenvalue weighted by Crippen LogP contribution is -2.46. The molecule has 0 aliphatic carbocycles. The van der Waals surface area contributed by atoms with Crippen LogP contribution in [0.4, 0.5) is 17.6 Å². The highest BCUT2D eigenvalue weighted by molar-refractivity contribution is 5.92. The van der Waals surface area contributed by atoms with Crippen LogP contribution in [-0.2, 0) is 4.74 Å². The second-order valence-corrected chi connectivity index (χ2v) is 9.72. The summed E-state index contributed by atoms with van der Waals surface area (Å²) in [7, 11) is 0. The van der Waals surface area contributed by atoms with Gasteiger partial charge in [0, 0.05) is 29.4 Å². The summed E-state index contributed by atoms with van der Waals surface area (Å²) >= 11 is 0.